The Morgan fingerprint density at radius 2 is 2.28 bits per heavy atom. The number of anilines is 1. The van der Waals surface area contributed by atoms with Crippen molar-refractivity contribution in [2.24, 2.45) is 0 Å². The molecule has 0 aromatic carbocycles. The topological polar surface area (TPSA) is 119 Å². The van der Waals surface area contributed by atoms with Gasteiger partial charge in [-0.2, -0.15) is 15.2 Å². The van der Waals surface area contributed by atoms with E-state index in [2.05, 4.69) is 30.8 Å². The molecule has 2 aromatic heterocycles. The highest BCUT2D eigenvalue weighted by Gasteiger charge is 2.10. The molecule has 0 saturated carbocycles. The van der Waals surface area contributed by atoms with E-state index in [0.29, 0.717) is 11.3 Å². The average Bonchev–Trinajstić information content (AvgIpc) is 2.38. The highest BCUT2D eigenvalue weighted by Crippen LogP contribution is 2.15. The van der Waals surface area contributed by atoms with Gasteiger partial charge in [0.25, 0.3) is 0 Å². The third kappa shape index (κ3) is 2.31. The number of aromatic amines is 1. The van der Waals surface area contributed by atoms with Crippen molar-refractivity contribution in [2.75, 3.05) is 12.5 Å². The molecular formula is C10H9N7O. The molecule has 0 saturated heterocycles. The van der Waals surface area contributed by atoms with Crippen LogP contribution in [-0.2, 0) is 0 Å². The number of hydrogen-bond acceptors (Lipinski definition) is 7. The number of nitrogens with one attached hydrogen (secondary N) is 3. The molecule has 0 radical (unpaired) electrons. The fourth-order valence-electron chi connectivity index (χ4n) is 1.35. The van der Waals surface area contributed by atoms with E-state index >= 15 is 0 Å². The van der Waals surface area contributed by atoms with E-state index in [1.807, 2.05) is 6.07 Å². The van der Waals surface area contributed by atoms with Gasteiger partial charge in [-0.15, -0.1) is 0 Å². The summed E-state index contributed by atoms with van der Waals surface area (Å²) in [4.78, 5) is 25.5. The van der Waals surface area contributed by atoms with Gasteiger partial charge < -0.3 is 0 Å². The predicted octanol–water partition coefficient (Wildman–Crippen LogP) is -0.355. The third-order valence-electron chi connectivity index (χ3n) is 2.04. The van der Waals surface area contributed by atoms with E-state index in [-0.39, 0.29) is 11.8 Å². The van der Waals surface area contributed by atoms with Crippen molar-refractivity contribution in [1.82, 2.24) is 25.4 Å². The van der Waals surface area contributed by atoms with Crippen LogP contribution in [0.25, 0.3) is 11.5 Å². The van der Waals surface area contributed by atoms with Crippen molar-refractivity contribution < 1.29 is 0 Å². The van der Waals surface area contributed by atoms with Crippen molar-refractivity contribution in [3.8, 4) is 17.6 Å². The zero-order valence-electron chi connectivity index (χ0n) is 9.43. The molecule has 3 N–H and O–H groups in total. The monoisotopic (exact) mass is 243 g/mol. The maximum Gasteiger partial charge on any atom is 0.349 e. The highest BCUT2D eigenvalue weighted by atomic mass is 16.1. The minimum Gasteiger partial charge on any atom is -0.290 e. The van der Waals surface area contributed by atoms with Crippen LogP contribution < -0.4 is 16.5 Å². The molecular weight excluding hydrogens is 234 g/mol. The van der Waals surface area contributed by atoms with E-state index in [9.17, 15) is 4.79 Å². The number of H-pyrrole nitrogens is 1. The van der Waals surface area contributed by atoms with Crippen molar-refractivity contribution in [2.45, 2.75) is 0 Å². The summed E-state index contributed by atoms with van der Waals surface area (Å²) in [6.45, 7) is 0. The fourth-order valence-corrected chi connectivity index (χ4v) is 1.35. The molecule has 0 aliphatic rings. The molecule has 90 valence electrons. The van der Waals surface area contributed by atoms with Crippen LogP contribution in [0.5, 0.6) is 0 Å². The van der Waals surface area contributed by atoms with Crippen LogP contribution >= 0.6 is 0 Å². The first-order valence-corrected chi connectivity index (χ1v) is 5.01. The Kier molecular flexibility index (Phi) is 3.26. The van der Waals surface area contributed by atoms with E-state index in [0.717, 1.165) is 0 Å². The molecule has 0 aliphatic heterocycles. The summed E-state index contributed by atoms with van der Waals surface area (Å²) in [5.41, 5.74) is 5.25. The molecule has 0 spiro atoms. The summed E-state index contributed by atoms with van der Waals surface area (Å²) in [6.07, 6.45) is 1.52. The Bertz CT molecular complexity index is 658. The van der Waals surface area contributed by atoms with Crippen molar-refractivity contribution in [1.29, 1.82) is 5.26 Å². The van der Waals surface area contributed by atoms with Crippen molar-refractivity contribution >= 4 is 5.95 Å². The van der Waals surface area contributed by atoms with Gasteiger partial charge in [-0.25, -0.2) is 10.2 Å². The van der Waals surface area contributed by atoms with Crippen LogP contribution in [0, 0.1) is 11.3 Å². The maximum absolute atomic E-state index is 11.4. The minimum absolute atomic E-state index is 0.103. The lowest BCUT2D eigenvalue weighted by atomic mass is 10.2. The number of hydrogen-bond donors (Lipinski definition) is 3. The number of hydrazine groups is 1. The molecule has 0 amide bonds. The second-order valence-electron chi connectivity index (χ2n) is 3.21. The van der Waals surface area contributed by atoms with E-state index in [4.69, 9.17) is 5.26 Å². The second-order valence-corrected chi connectivity index (χ2v) is 3.21. The first-order chi connectivity index (χ1) is 8.74. The first-order valence-electron chi connectivity index (χ1n) is 5.01. The van der Waals surface area contributed by atoms with Gasteiger partial charge in [-0.3, -0.25) is 15.4 Å². The van der Waals surface area contributed by atoms with E-state index in [1.54, 1.807) is 19.2 Å². The molecule has 18 heavy (non-hydrogen) atoms. The molecule has 2 rings (SSSR count). The molecule has 2 heterocycles. The summed E-state index contributed by atoms with van der Waals surface area (Å²) < 4.78 is 0. The number of rotatable bonds is 3. The molecule has 0 aliphatic carbocycles. The quantitative estimate of drug-likeness (QED) is 0.630. The summed E-state index contributed by atoms with van der Waals surface area (Å²) in [7, 11) is 1.62. The number of pyridine rings is 1. The first kappa shape index (κ1) is 11.7. The van der Waals surface area contributed by atoms with Gasteiger partial charge in [0.15, 0.2) is 5.82 Å². The van der Waals surface area contributed by atoms with Crippen LogP contribution in [0.15, 0.2) is 23.1 Å². The lowest BCUT2D eigenvalue weighted by Crippen LogP contribution is -2.23. The largest absolute Gasteiger partial charge is 0.349 e. The van der Waals surface area contributed by atoms with Crippen LogP contribution in [-0.4, -0.2) is 27.0 Å². The van der Waals surface area contributed by atoms with Gasteiger partial charge in [0, 0.05) is 13.2 Å². The average molecular weight is 243 g/mol. The molecule has 8 heteroatoms. The van der Waals surface area contributed by atoms with Crippen molar-refractivity contribution in [3.63, 3.8) is 0 Å². The molecule has 8 nitrogen and oxygen atoms in total. The Hall–Kier alpha value is -2.79. The molecule has 0 unspecified atom stereocenters. The minimum atomic E-state index is -0.577. The highest BCUT2D eigenvalue weighted by molar-refractivity contribution is 5.59. The van der Waals surface area contributed by atoms with Crippen molar-refractivity contribution in [3.05, 3.63) is 34.4 Å². The molecule has 0 atom stereocenters. The normalized spacial score (nSPS) is 9.78. The summed E-state index contributed by atoms with van der Waals surface area (Å²) in [5.74, 6) is 0.288. The number of nitriles is 1. The second kappa shape index (κ2) is 5.03. The van der Waals surface area contributed by atoms with Gasteiger partial charge >= 0.3 is 5.69 Å². The Balaban J connectivity index is 2.57. The number of nitrogens with zero attached hydrogens (tertiary/aromatic N) is 4. The standard InChI is InChI=1S/C10H9N7O/c1-12-17-9-14-8(15-10(18)16-9)7-6(5-11)3-2-4-13-7/h2-4,12H,1H3,(H2,14,15,16,17,18). The van der Waals surface area contributed by atoms with Crippen LogP contribution in [0.2, 0.25) is 0 Å². The van der Waals surface area contributed by atoms with Gasteiger partial charge in [0.05, 0.1) is 5.56 Å². The Morgan fingerprint density at radius 3 is 3.00 bits per heavy atom. The zero-order valence-corrected chi connectivity index (χ0v) is 9.43. The Labute approximate surface area is 102 Å². The van der Waals surface area contributed by atoms with E-state index < -0.39 is 5.69 Å². The van der Waals surface area contributed by atoms with Gasteiger partial charge in [0.2, 0.25) is 5.95 Å². The SMILES string of the molecule is CNNc1nc(-c2ncccc2C#N)[nH]c(=O)n1. The number of aromatic nitrogens is 4. The van der Waals surface area contributed by atoms with Gasteiger partial charge in [0.1, 0.15) is 11.8 Å². The smallest absolute Gasteiger partial charge is 0.290 e. The summed E-state index contributed by atoms with van der Waals surface area (Å²) >= 11 is 0. The van der Waals surface area contributed by atoms with Crippen LogP contribution in [0.1, 0.15) is 5.56 Å². The summed E-state index contributed by atoms with van der Waals surface area (Å²) in [5, 5.41) is 8.97. The lowest BCUT2D eigenvalue weighted by molar-refractivity contribution is 0.902. The Morgan fingerprint density at radius 1 is 1.44 bits per heavy atom. The summed E-state index contributed by atoms with van der Waals surface area (Å²) in [6, 6.07) is 5.21. The van der Waals surface area contributed by atoms with Crippen LogP contribution in [0.3, 0.4) is 0 Å². The molecule has 0 bridgehead atoms. The predicted molar refractivity (Wildman–Crippen MR) is 63.3 cm³/mol. The van der Waals surface area contributed by atoms with E-state index in [1.165, 1.54) is 6.20 Å². The van der Waals surface area contributed by atoms with Gasteiger partial charge in [-0.1, -0.05) is 0 Å². The third-order valence-corrected chi connectivity index (χ3v) is 2.04. The zero-order chi connectivity index (χ0) is 13.0. The van der Waals surface area contributed by atoms with Crippen LogP contribution in [0.4, 0.5) is 5.95 Å². The lowest BCUT2D eigenvalue weighted by Gasteiger charge is -2.04. The fraction of sp³-hybridized carbons (Fsp3) is 0.100. The van der Waals surface area contributed by atoms with Gasteiger partial charge in [-0.05, 0) is 12.1 Å². The molecule has 0 fully saturated rings. The molecule has 2 aromatic rings. The maximum atomic E-state index is 11.4.